The highest BCUT2D eigenvalue weighted by Gasteiger charge is 2.27. The van der Waals surface area contributed by atoms with Gasteiger partial charge in [0.2, 0.25) is 5.91 Å². The van der Waals surface area contributed by atoms with Gasteiger partial charge in [-0.25, -0.2) is 0 Å². The molecule has 1 N–H and O–H groups in total. The van der Waals surface area contributed by atoms with Crippen LogP contribution in [0, 0.1) is 0 Å². The fourth-order valence-electron chi connectivity index (χ4n) is 8.66. The van der Waals surface area contributed by atoms with Crippen LogP contribution in [0.4, 0.5) is 0 Å². The molecule has 0 aromatic carbocycles. The van der Waals surface area contributed by atoms with Crippen LogP contribution in [-0.2, 0) is 27.9 Å². The zero-order valence-corrected chi connectivity index (χ0v) is 51.5. The Kier molecular flexibility index (Phi) is 54.0. The predicted octanol–water partition coefficient (Wildman–Crippen LogP) is 18.9. The smallest absolute Gasteiger partial charge is 0.306 e. The molecule has 444 valence electrons. The highest BCUT2D eigenvalue weighted by atomic mass is 31.2. The number of phosphoric ester groups is 1. The van der Waals surface area contributed by atoms with Gasteiger partial charge >= 0.3 is 5.97 Å². The number of esters is 1. The minimum atomic E-state index is -4.71. The molecule has 3 atom stereocenters. The third-order valence-corrected chi connectivity index (χ3v) is 14.5. The summed E-state index contributed by atoms with van der Waals surface area (Å²) >= 11 is 0. The van der Waals surface area contributed by atoms with Crippen molar-refractivity contribution in [2.45, 2.75) is 277 Å². The second-order valence-electron chi connectivity index (χ2n) is 22.2. The molecule has 10 heteroatoms. The quantitative estimate of drug-likeness (QED) is 0.0161. The molecule has 77 heavy (non-hydrogen) atoms. The molecular weight excluding hydrogens is 976 g/mol. The van der Waals surface area contributed by atoms with Crippen LogP contribution in [0.5, 0.6) is 0 Å². The van der Waals surface area contributed by atoms with Crippen LogP contribution in [-0.4, -0.2) is 69.4 Å². The first-order chi connectivity index (χ1) is 37.4. The largest absolute Gasteiger partial charge is 0.756 e. The number of hydrogen-bond acceptors (Lipinski definition) is 7. The Labute approximate surface area is 475 Å². The number of quaternary nitrogens is 1. The lowest BCUT2D eigenvalue weighted by Gasteiger charge is -2.30. The number of carbonyl (C=O) groups is 2. The fourth-order valence-corrected chi connectivity index (χ4v) is 9.38. The van der Waals surface area contributed by atoms with Crippen LogP contribution in [0.25, 0.3) is 0 Å². The summed E-state index contributed by atoms with van der Waals surface area (Å²) in [4.78, 5) is 40.0. The predicted molar refractivity (Wildman–Crippen MR) is 330 cm³/mol. The molecule has 3 unspecified atom stereocenters. The minimum absolute atomic E-state index is 0.0308. The van der Waals surface area contributed by atoms with Crippen molar-refractivity contribution >= 4 is 19.7 Å². The van der Waals surface area contributed by atoms with Gasteiger partial charge < -0.3 is 28.5 Å². The third-order valence-electron chi connectivity index (χ3n) is 13.5. The van der Waals surface area contributed by atoms with Gasteiger partial charge in [0.1, 0.15) is 19.3 Å². The maximum absolute atomic E-state index is 13.5. The molecular formula is C67H119N2O7P. The molecule has 0 aromatic rings. The molecule has 0 aliphatic rings. The highest BCUT2D eigenvalue weighted by molar-refractivity contribution is 7.45. The number of hydrogen-bond donors (Lipinski definition) is 1. The molecule has 0 bridgehead atoms. The molecule has 0 heterocycles. The normalized spacial score (nSPS) is 14.3. The number of amides is 1. The molecule has 0 fully saturated rings. The molecule has 0 saturated carbocycles. The summed E-state index contributed by atoms with van der Waals surface area (Å²) in [5.74, 6) is -0.569. The zero-order chi connectivity index (χ0) is 56.4. The monoisotopic (exact) mass is 1090 g/mol. The number of ether oxygens (including phenoxy) is 1. The highest BCUT2D eigenvalue weighted by Crippen LogP contribution is 2.38. The number of rotatable bonds is 56. The Balaban J connectivity index is 5.28. The van der Waals surface area contributed by atoms with Crippen molar-refractivity contribution in [1.82, 2.24) is 5.32 Å². The molecule has 9 nitrogen and oxygen atoms in total. The molecule has 0 aromatic heterocycles. The Bertz CT molecular complexity index is 1640. The van der Waals surface area contributed by atoms with Crippen LogP contribution in [0.15, 0.2) is 97.2 Å². The average molecular weight is 1100 g/mol. The summed E-state index contributed by atoms with van der Waals surface area (Å²) in [6, 6.07) is -0.904. The van der Waals surface area contributed by atoms with Crippen LogP contribution >= 0.6 is 7.82 Å². The maximum Gasteiger partial charge on any atom is 0.306 e. The van der Waals surface area contributed by atoms with Crippen molar-refractivity contribution in [3.63, 3.8) is 0 Å². The van der Waals surface area contributed by atoms with E-state index in [9.17, 15) is 19.0 Å². The van der Waals surface area contributed by atoms with Gasteiger partial charge in [0.25, 0.3) is 7.82 Å². The molecule has 0 aliphatic carbocycles. The lowest BCUT2D eigenvalue weighted by molar-refractivity contribution is -0.870. The van der Waals surface area contributed by atoms with Crippen molar-refractivity contribution < 1.29 is 37.3 Å². The van der Waals surface area contributed by atoms with Crippen molar-refractivity contribution in [3.8, 4) is 0 Å². The van der Waals surface area contributed by atoms with Crippen LogP contribution < -0.4 is 10.2 Å². The topological polar surface area (TPSA) is 114 Å². The van der Waals surface area contributed by atoms with Crippen molar-refractivity contribution in [2.24, 2.45) is 0 Å². The number of carbonyl (C=O) groups excluding carboxylic acids is 2. The number of nitrogens with one attached hydrogen (secondary N) is 1. The lowest BCUT2D eigenvalue weighted by Crippen LogP contribution is -2.47. The van der Waals surface area contributed by atoms with Gasteiger partial charge in [-0.05, 0) is 102 Å². The SMILES string of the molecule is CC/C=C\C/C=C\C/C=C\C/C=C\C/C=C\CCCCCCCCCC(=O)OC(/C=C\CCCCCCCCCCCCC)C(COP(=O)([O-])OCC[N+](C)(C)C)NC(=O)CCCCCCCC/C=C/C=C/CCCCC. The van der Waals surface area contributed by atoms with Crippen LogP contribution in [0.1, 0.15) is 265 Å². The second-order valence-corrected chi connectivity index (χ2v) is 23.6. The van der Waals surface area contributed by atoms with Crippen molar-refractivity contribution in [2.75, 3.05) is 40.9 Å². The van der Waals surface area contributed by atoms with E-state index in [0.717, 1.165) is 128 Å². The summed E-state index contributed by atoms with van der Waals surface area (Å²) in [7, 11) is 1.16. The molecule has 0 aliphatic heterocycles. The fraction of sp³-hybridized carbons (Fsp3) is 0.731. The first kappa shape index (κ1) is 73.9. The number of likely N-dealkylation sites (N-methyl/N-ethyl adjacent to an activating group) is 1. The van der Waals surface area contributed by atoms with E-state index in [-0.39, 0.29) is 24.9 Å². The number of nitrogens with zero attached hydrogens (tertiary/aromatic N) is 1. The Morgan fingerprint density at radius 2 is 0.870 bits per heavy atom. The number of unbranched alkanes of at least 4 members (excludes halogenated alkanes) is 27. The van der Waals surface area contributed by atoms with E-state index >= 15 is 0 Å². The summed E-state index contributed by atoms with van der Waals surface area (Å²) < 4.78 is 30.3. The van der Waals surface area contributed by atoms with Crippen molar-refractivity contribution in [1.29, 1.82) is 0 Å². The van der Waals surface area contributed by atoms with Gasteiger partial charge in [-0.15, -0.1) is 0 Å². The molecule has 0 saturated heterocycles. The van der Waals surface area contributed by atoms with E-state index in [2.05, 4.69) is 111 Å². The van der Waals surface area contributed by atoms with Gasteiger partial charge in [-0.1, -0.05) is 247 Å². The van der Waals surface area contributed by atoms with E-state index in [4.69, 9.17) is 13.8 Å². The zero-order valence-electron chi connectivity index (χ0n) is 50.6. The Morgan fingerprint density at radius 1 is 0.481 bits per heavy atom. The second kappa shape index (κ2) is 56.2. The van der Waals surface area contributed by atoms with Crippen LogP contribution in [0.3, 0.4) is 0 Å². The molecule has 0 spiro atoms. The van der Waals surface area contributed by atoms with E-state index in [1.165, 1.54) is 96.3 Å². The van der Waals surface area contributed by atoms with Gasteiger partial charge in [0.05, 0.1) is 33.8 Å². The standard InChI is InChI=1S/C67H119N2O7P/c1-7-10-13-16-19-22-25-28-30-31-32-33-34-35-36-37-39-42-45-48-51-54-57-60-67(71)76-65(58-55-52-49-46-43-40-27-24-21-18-15-12-9-3)64(63-75-77(72,73)74-62-61-69(4,5)6)68-66(70)59-56-53-50-47-44-41-38-29-26-23-20-17-14-11-8-2/h10,13,19-20,22-23,26,28-30,32-33,35-36,55,58,64-65H,7-9,11-12,14-18,21,24-25,27,31,34,37-54,56-57,59-63H2,1-6H3,(H-,68,70,72,73)/b13-10-,22-19-,23-20+,29-26+,30-28-,33-32-,36-35-,58-55-. The number of phosphoric acid groups is 1. The molecule has 0 radical (unpaired) electrons. The first-order valence-electron chi connectivity index (χ1n) is 31.6. The van der Waals surface area contributed by atoms with E-state index < -0.39 is 26.6 Å². The van der Waals surface area contributed by atoms with Gasteiger partial charge in [0, 0.05) is 12.8 Å². The van der Waals surface area contributed by atoms with Crippen molar-refractivity contribution in [3.05, 3.63) is 97.2 Å². The molecule has 0 rings (SSSR count). The lowest BCUT2D eigenvalue weighted by atomic mass is 10.0. The van der Waals surface area contributed by atoms with E-state index in [0.29, 0.717) is 23.9 Å². The van der Waals surface area contributed by atoms with Gasteiger partial charge in [0.15, 0.2) is 0 Å². The van der Waals surface area contributed by atoms with E-state index in [1.807, 2.05) is 33.3 Å². The summed E-state index contributed by atoms with van der Waals surface area (Å²) in [5, 5.41) is 3.02. The summed E-state index contributed by atoms with van der Waals surface area (Å²) in [6.45, 7) is 6.68. The summed E-state index contributed by atoms with van der Waals surface area (Å²) in [6.07, 6.45) is 75.1. The van der Waals surface area contributed by atoms with Gasteiger partial charge in [-0.3, -0.25) is 14.2 Å². The Morgan fingerprint density at radius 3 is 1.35 bits per heavy atom. The van der Waals surface area contributed by atoms with E-state index in [1.54, 1.807) is 0 Å². The number of allylic oxidation sites excluding steroid dienone is 15. The average Bonchev–Trinajstić information content (AvgIpc) is 3.39. The first-order valence-corrected chi connectivity index (χ1v) is 33.0. The Hall–Kier alpha value is -3.07. The maximum atomic E-state index is 13.5. The summed E-state index contributed by atoms with van der Waals surface area (Å²) in [5.41, 5.74) is 0. The third kappa shape index (κ3) is 57.4. The van der Waals surface area contributed by atoms with Crippen LogP contribution in [0.2, 0.25) is 0 Å². The molecule has 1 amide bonds. The van der Waals surface area contributed by atoms with Gasteiger partial charge in [-0.2, -0.15) is 0 Å². The minimum Gasteiger partial charge on any atom is -0.756 e.